The van der Waals surface area contributed by atoms with E-state index in [1.165, 1.54) is 0 Å². The summed E-state index contributed by atoms with van der Waals surface area (Å²) >= 11 is 0. The Morgan fingerprint density at radius 1 is 0.268 bits per heavy atom. The van der Waals surface area contributed by atoms with Gasteiger partial charge in [0.05, 0.1) is 11.6 Å². The fourth-order valence-electron chi connectivity index (χ4n) is 6.61. The summed E-state index contributed by atoms with van der Waals surface area (Å²) in [5.41, 5.74) is 9.38. The van der Waals surface area contributed by atoms with E-state index < -0.39 is 0 Å². The molecule has 0 bridgehead atoms. The molecular formula is C49H31N7. The topological polar surface area (TPSA) is 101 Å². The van der Waals surface area contributed by atoms with Crippen LogP contribution in [0, 0.1) is 11.3 Å². The monoisotopic (exact) mass is 717 g/mol. The van der Waals surface area contributed by atoms with Crippen LogP contribution in [0.5, 0.6) is 0 Å². The van der Waals surface area contributed by atoms with Crippen LogP contribution in [0.1, 0.15) is 5.56 Å². The second-order valence-corrected chi connectivity index (χ2v) is 13.1. The Kier molecular flexibility index (Phi) is 9.18. The van der Waals surface area contributed by atoms with Gasteiger partial charge in [-0.1, -0.05) is 170 Å². The maximum Gasteiger partial charge on any atom is 0.164 e. The maximum atomic E-state index is 10.5. The van der Waals surface area contributed by atoms with Crippen LogP contribution in [0.4, 0.5) is 0 Å². The smallest absolute Gasteiger partial charge is 0.164 e. The molecule has 9 rings (SSSR count). The SMILES string of the molecule is N#Cc1cc(-c2cccc(-c3nc(-c4ccccc4)nc(-c4ccccc4)n3)c2)ccc1-c1cccc(-c2nc(-c3ccccc3)nc(-c3ccccc3)n2)c1. The maximum absolute atomic E-state index is 10.5. The molecule has 0 N–H and O–H groups in total. The minimum absolute atomic E-state index is 0.550. The zero-order valence-corrected chi connectivity index (χ0v) is 30.0. The van der Waals surface area contributed by atoms with Crippen molar-refractivity contribution in [3.05, 3.63) is 194 Å². The van der Waals surface area contributed by atoms with Gasteiger partial charge in [-0.3, -0.25) is 0 Å². The van der Waals surface area contributed by atoms with Crippen LogP contribution >= 0.6 is 0 Å². The summed E-state index contributed by atoms with van der Waals surface area (Å²) in [5, 5.41) is 10.5. The molecule has 7 heteroatoms. The van der Waals surface area contributed by atoms with Gasteiger partial charge in [0.1, 0.15) is 0 Å². The van der Waals surface area contributed by atoms with Crippen LogP contribution < -0.4 is 0 Å². The minimum Gasteiger partial charge on any atom is -0.208 e. The first kappa shape index (κ1) is 33.9. The Hall–Kier alpha value is -7.95. The van der Waals surface area contributed by atoms with Crippen molar-refractivity contribution in [2.45, 2.75) is 0 Å². The molecule has 2 heterocycles. The highest BCUT2D eigenvalue weighted by Gasteiger charge is 2.16. The molecule has 7 aromatic carbocycles. The quantitative estimate of drug-likeness (QED) is 0.154. The summed E-state index contributed by atoms with van der Waals surface area (Å²) in [6, 6.07) is 64.2. The number of hydrogen-bond acceptors (Lipinski definition) is 7. The Morgan fingerprint density at radius 3 is 0.964 bits per heavy atom. The summed E-state index contributed by atoms with van der Waals surface area (Å²) in [4.78, 5) is 29.3. The number of benzene rings is 7. The molecule has 0 aliphatic heterocycles. The molecule has 0 spiro atoms. The van der Waals surface area contributed by atoms with Gasteiger partial charge in [0.2, 0.25) is 0 Å². The molecule has 0 aliphatic rings. The molecule has 56 heavy (non-hydrogen) atoms. The van der Waals surface area contributed by atoms with Crippen LogP contribution in [0.15, 0.2) is 188 Å². The molecule has 0 aliphatic carbocycles. The molecule has 0 fully saturated rings. The zero-order valence-electron chi connectivity index (χ0n) is 30.0. The predicted molar refractivity (Wildman–Crippen MR) is 221 cm³/mol. The highest BCUT2D eigenvalue weighted by molar-refractivity contribution is 5.80. The van der Waals surface area contributed by atoms with Crippen LogP contribution in [-0.4, -0.2) is 29.9 Å². The molecule has 0 amide bonds. The highest BCUT2D eigenvalue weighted by Crippen LogP contribution is 2.34. The highest BCUT2D eigenvalue weighted by atomic mass is 15.0. The van der Waals surface area contributed by atoms with Crippen molar-refractivity contribution in [2.75, 3.05) is 0 Å². The molecule has 262 valence electrons. The van der Waals surface area contributed by atoms with Crippen LogP contribution in [-0.2, 0) is 0 Å². The standard InChI is InChI=1S/C49H31N7/c50-32-42-30-38(37-23-13-25-40(29-37)48-53-44(33-15-5-1-6-16-33)51-45(54-48)34-17-7-2-8-18-34)27-28-43(42)39-24-14-26-41(31-39)49-55-46(35-19-9-3-10-20-35)52-47(56-49)36-21-11-4-12-22-36/h1-31H. The summed E-state index contributed by atoms with van der Waals surface area (Å²) in [5.74, 6) is 3.50. The van der Waals surface area contributed by atoms with Crippen molar-refractivity contribution in [1.82, 2.24) is 29.9 Å². The van der Waals surface area contributed by atoms with Crippen molar-refractivity contribution < 1.29 is 0 Å². The molecule has 0 saturated heterocycles. The van der Waals surface area contributed by atoms with Gasteiger partial charge < -0.3 is 0 Å². The molecule has 9 aromatic rings. The average Bonchev–Trinajstić information content (AvgIpc) is 3.29. The van der Waals surface area contributed by atoms with Gasteiger partial charge in [0, 0.05) is 33.4 Å². The van der Waals surface area contributed by atoms with E-state index in [1.54, 1.807) is 0 Å². The zero-order chi connectivity index (χ0) is 37.7. The third-order valence-corrected chi connectivity index (χ3v) is 9.42. The van der Waals surface area contributed by atoms with Gasteiger partial charge in [-0.15, -0.1) is 0 Å². The number of aromatic nitrogens is 6. The minimum atomic E-state index is 0.550. The van der Waals surface area contributed by atoms with E-state index in [1.807, 2.05) is 182 Å². The number of rotatable bonds is 8. The lowest BCUT2D eigenvalue weighted by Gasteiger charge is -2.12. The predicted octanol–water partition coefficient (Wildman–Crippen LogP) is 11.3. The van der Waals surface area contributed by atoms with E-state index in [0.717, 1.165) is 55.6 Å². The van der Waals surface area contributed by atoms with Gasteiger partial charge in [0.25, 0.3) is 0 Å². The summed E-state index contributed by atoms with van der Waals surface area (Å²) < 4.78 is 0. The van der Waals surface area contributed by atoms with Crippen molar-refractivity contribution in [1.29, 1.82) is 5.26 Å². The third kappa shape index (κ3) is 7.06. The molecule has 0 saturated carbocycles. The first-order valence-electron chi connectivity index (χ1n) is 18.2. The van der Waals surface area contributed by atoms with Gasteiger partial charge in [-0.05, 0) is 40.5 Å². The van der Waals surface area contributed by atoms with Crippen LogP contribution in [0.25, 0.3) is 90.6 Å². The molecule has 7 nitrogen and oxygen atoms in total. The van der Waals surface area contributed by atoms with Crippen LogP contribution in [0.3, 0.4) is 0 Å². The lowest BCUT2D eigenvalue weighted by molar-refractivity contribution is 1.07. The summed E-state index contributed by atoms with van der Waals surface area (Å²) in [6.45, 7) is 0. The van der Waals surface area contributed by atoms with Gasteiger partial charge in [-0.25, -0.2) is 29.9 Å². The molecule has 0 atom stereocenters. The van der Waals surface area contributed by atoms with E-state index in [-0.39, 0.29) is 0 Å². The van der Waals surface area contributed by atoms with Crippen molar-refractivity contribution in [3.8, 4) is 96.7 Å². The number of hydrogen-bond donors (Lipinski definition) is 0. The van der Waals surface area contributed by atoms with Crippen LogP contribution in [0.2, 0.25) is 0 Å². The average molecular weight is 718 g/mol. The van der Waals surface area contributed by atoms with E-state index in [2.05, 4.69) is 12.1 Å². The summed E-state index contributed by atoms with van der Waals surface area (Å²) in [6.07, 6.45) is 0. The Labute approximate surface area is 324 Å². The molecular weight excluding hydrogens is 687 g/mol. The largest absolute Gasteiger partial charge is 0.208 e. The van der Waals surface area contributed by atoms with Gasteiger partial charge >= 0.3 is 0 Å². The lowest BCUT2D eigenvalue weighted by Crippen LogP contribution is -2.00. The van der Waals surface area contributed by atoms with E-state index in [4.69, 9.17) is 29.9 Å². The van der Waals surface area contributed by atoms with Crippen molar-refractivity contribution in [2.24, 2.45) is 0 Å². The van der Waals surface area contributed by atoms with Crippen molar-refractivity contribution >= 4 is 0 Å². The first-order valence-corrected chi connectivity index (χ1v) is 18.2. The number of nitrogens with zero attached hydrogens (tertiary/aromatic N) is 7. The van der Waals surface area contributed by atoms with E-state index in [9.17, 15) is 5.26 Å². The van der Waals surface area contributed by atoms with E-state index >= 15 is 0 Å². The van der Waals surface area contributed by atoms with Gasteiger partial charge in [-0.2, -0.15) is 5.26 Å². The van der Waals surface area contributed by atoms with E-state index in [0.29, 0.717) is 40.5 Å². The second kappa shape index (κ2) is 15.2. The fraction of sp³-hybridized carbons (Fsp3) is 0. The fourth-order valence-corrected chi connectivity index (χ4v) is 6.61. The Bertz CT molecular complexity index is 2740. The van der Waals surface area contributed by atoms with Gasteiger partial charge in [0.15, 0.2) is 34.9 Å². The Morgan fingerprint density at radius 2 is 0.571 bits per heavy atom. The normalized spacial score (nSPS) is 10.8. The molecule has 2 aromatic heterocycles. The molecule has 0 unspecified atom stereocenters. The lowest BCUT2D eigenvalue weighted by atomic mass is 9.94. The number of nitriles is 1. The second-order valence-electron chi connectivity index (χ2n) is 13.1. The van der Waals surface area contributed by atoms with Crippen molar-refractivity contribution in [3.63, 3.8) is 0 Å². The molecule has 0 radical (unpaired) electrons. The Balaban J connectivity index is 1.08. The third-order valence-electron chi connectivity index (χ3n) is 9.42. The summed E-state index contributed by atoms with van der Waals surface area (Å²) in [7, 11) is 0. The first-order chi connectivity index (χ1) is 27.7.